The maximum absolute atomic E-state index is 14.2. The van der Waals surface area contributed by atoms with E-state index in [4.69, 9.17) is 11.6 Å². The summed E-state index contributed by atoms with van der Waals surface area (Å²) in [6.45, 7) is 1.71. The van der Waals surface area contributed by atoms with Gasteiger partial charge in [-0.25, -0.2) is 9.29 Å². The quantitative estimate of drug-likeness (QED) is 0.399. The monoisotopic (exact) mass is 586 g/mol. The molecule has 37 heavy (non-hydrogen) atoms. The lowest BCUT2D eigenvalue weighted by Gasteiger charge is -2.49. The molecule has 0 bridgehead atoms. The van der Waals surface area contributed by atoms with E-state index in [9.17, 15) is 28.7 Å². The summed E-state index contributed by atoms with van der Waals surface area (Å²) >= 11 is 9.42. The number of allylic oxidation sites excluding steroid dienone is 2. The Kier molecular flexibility index (Phi) is 5.41. The zero-order valence-corrected chi connectivity index (χ0v) is 21.8. The van der Waals surface area contributed by atoms with Crippen LogP contribution in [0, 0.1) is 34.9 Å². The summed E-state index contributed by atoms with van der Waals surface area (Å²) in [5, 5.41) is 13.1. The molecule has 4 aliphatic rings. The van der Waals surface area contributed by atoms with E-state index in [-0.39, 0.29) is 34.7 Å². The molecule has 0 spiro atoms. The molecule has 2 aliphatic carbocycles. The molecule has 6 rings (SSSR count). The van der Waals surface area contributed by atoms with E-state index in [0.29, 0.717) is 16.5 Å². The van der Waals surface area contributed by atoms with Crippen molar-refractivity contribution in [1.82, 2.24) is 5.32 Å². The predicted molar refractivity (Wildman–Crippen MR) is 135 cm³/mol. The highest BCUT2D eigenvalue weighted by molar-refractivity contribution is 9.10. The second kappa shape index (κ2) is 8.23. The smallest absolute Gasteiger partial charge is 0.241 e. The molecule has 7 nitrogen and oxygen atoms in total. The van der Waals surface area contributed by atoms with Crippen molar-refractivity contribution in [3.63, 3.8) is 0 Å². The van der Waals surface area contributed by atoms with Crippen LogP contribution in [0.4, 0.5) is 10.1 Å². The summed E-state index contributed by atoms with van der Waals surface area (Å²) in [5.74, 6) is -5.69. The van der Waals surface area contributed by atoms with Crippen LogP contribution in [-0.2, 0) is 19.2 Å². The molecule has 4 amide bonds. The van der Waals surface area contributed by atoms with Crippen LogP contribution in [-0.4, -0.2) is 28.7 Å². The summed E-state index contributed by atoms with van der Waals surface area (Å²) in [7, 11) is 0. The van der Waals surface area contributed by atoms with Gasteiger partial charge in [0.05, 0.1) is 33.9 Å². The van der Waals surface area contributed by atoms with Gasteiger partial charge in [0.1, 0.15) is 11.6 Å². The van der Waals surface area contributed by atoms with Crippen LogP contribution in [0.3, 0.4) is 0 Å². The first-order chi connectivity index (χ1) is 17.5. The van der Waals surface area contributed by atoms with Crippen molar-refractivity contribution < 1.29 is 28.7 Å². The average molecular weight is 588 g/mol. The van der Waals surface area contributed by atoms with Gasteiger partial charge in [-0.1, -0.05) is 39.2 Å². The molecule has 0 aromatic heterocycles. The molecule has 2 N–H and O–H groups in total. The Balaban J connectivity index is 1.56. The van der Waals surface area contributed by atoms with Gasteiger partial charge in [0, 0.05) is 16.0 Å². The van der Waals surface area contributed by atoms with E-state index in [1.165, 1.54) is 18.2 Å². The topological polar surface area (TPSA) is 104 Å². The molecule has 10 heteroatoms. The van der Waals surface area contributed by atoms with Crippen LogP contribution in [0.15, 0.2) is 52.5 Å². The SMILES string of the molecule is CC12C(=O)N(c3ccc(F)c(Cl)c3)C(=O)C1CC1C(=CCC3C(=O)NC(=O)C31)C2c1cc(Br)ccc1O. The highest BCUT2D eigenvalue weighted by atomic mass is 79.9. The van der Waals surface area contributed by atoms with Gasteiger partial charge in [0.25, 0.3) is 0 Å². The average Bonchev–Trinajstić information content (AvgIpc) is 3.25. The first-order valence-corrected chi connectivity index (χ1v) is 13.1. The van der Waals surface area contributed by atoms with Gasteiger partial charge in [0.2, 0.25) is 23.6 Å². The Morgan fingerprint density at radius 2 is 1.86 bits per heavy atom. The first-order valence-electron chi connectivity index (χ1n) is 11.9. The van der Waals surface area contributed by atoms with Crippen LogP contribution >= 0.6 is 27.5 Å². The summed E-state index contributed by atoms with van der Waals surface area (Å²) in [6, 6.07) is 8.56. The third-order valence-corrected chi connectivity index (χ3v) is 9.36. The molecule has 6 atom stereocenters. The number of carbonyl (C=O) groups is 4. The number of imide groups is 2. The standard InChI is InChI=1S/C27H21BrClFN2O5/c1-27-17(25(36)32(26(27)37)12-3-6-19(30)18(29)9-12)10-15-13(4-5-14-21(15)24(35)31-23(14)34)22(27)16-8-11(28)2-7-20(16)33/h2-4,6-9,14-15,17,21-22,33H,5,10H2,1H3,(H,31,34,35). The molecule has 3 fully saturated rings. The zero-order chi connectivity index (χ0) is 26.4. The number of rotatable bonds is 2. The highest BCUT2D eigenvalue weighted by Crippen LogP contribution is 2.64. The summed E-state index contributed by atoms with van der Waals surface area (Å²) < 4.78 is 14.6. The highest BCUT2D eigenvalue weighted by Gasteiger charge is 2.67. The molecule has 0 radical (unpaired) electrons. The third-order valence-electron chi connectivity index (χ3n) is 8.58. The van der Waals surface area contributed by atoms with Gasteiger partial charge in [0.15, 0.2) is 0 Å². The number of carbonyl (C=O) groups excluding carboxylic acids is 4. The Morgan fingerprint density at radius 3 is 2.59 bits per heavy atom. The molecule has 1 saturated carbocycles. The van der Waals surface area contributed by atoms with E-state index in [1.807, 2.05) is 6.08 Å². The van der Waals surface area contributed by atoms with E-state index >= 15 is 0 Å². The largest absolute Gasteiger partial charge is 0.508 e. The molecule has 2 aliphatic heterocycles. The molecule has 2 heterocycles. The van der Waals surface area contributed by atoms with E-state index < -0.39 is 52.6 Å². The fourth-order valence-electron chi connectivity index (χ4n) is 6.90. The number of hydrogen-bond donors (Lipinski definition) is 2. The first kappa shape index (κ1) is 24.3. The number of benzene rings is 2. The minimum atomic E-state index is -1.32. The van der Waals surface area contributed by atoms with Crippen LogP contribution in [0.1, 0.15) is 31.2 Å². The minimum absolute atomic E-state index is 0.0488. The number of phenols is 1. The van der Waals surface area contributed by atoms with Gasteiger partial charge >= 0.3 is 0 Å². The fraction of sp³-hybridized carbons (Fsp3) is 0.333. The summed E-state index contributed by atoms with van der Waals surface area (Å²) in [4.78, 5) is 54.5. The van der Waals surface area contributed by atoms with Crippen molar-refractivity contribution in [1.29, 1.82) is 0 Å². The predicted octanol–water partition coefficient (Wildman–Crippen LogP) is 4.47. The van der Waals surface area contributed by atoms with Crippen LogP contribution in [0.5, 0.6) is 5.75 Å². The summed E-state index contributed by atoms with van der Waals surface area (Å²) in [6.07, 6.45) is 2.40. The molecular weight excluding hydrogens is 567 g/mol. The van der Waals surface area contributed by atoms with E-state index in [0.717, 1.165) is 16.5 Å². The Morgan fingerprint density at radius 1 is 1.11 bits per heavy atom. The van der Waals surface area contributed by atoms with Crippen molar-refractivity contribution in [3.05, 3.63) is 68.9 Å². The lowest BCUT2D eigenvalue weighted by atomic mass is 9.51. The van der Waals surface area contributed by atoms with Gasteiger partial charge in [-0.15, -0.1) is 0 Å². The Labute approximate surface area is 224 Å². The lowest BCUT2D eigenvalue weighted by Crippen LogP contribution is -2.48. The minimum Gasteiger partial charge on any atom is -0.508 e. The van der Waals surface area contributed by atoms with Crippen molar-refractivity contribution >= 4 is 56.8 Å². The van der Waals surface area contributed by atoms with Crippen molar-refractivity contribution in [2.45, 2.75) is 25.7 Å². The number of aromatic hydroxyl groups is 1. The maximum Gasteiger partial charge on any atom is 0.241 e. The molecule has 6 unspecified atom stereocenters. The number of nitrogens with one attached hydrogen (secondary N) is 1. The van der Waals surface area contributed by atoms with E-state index in [1.54, 1.807) is 19.1 Å². The molecular formula is C27H21BrClFN2O5. The number of hydrogen-bond acceptors (Lipinski definition) is 5. The van der Waals surface area contributed by atoms with Gasteiger partial charge < -0.3 is 5.11 Å². The number of fused-ring (bicyclic) bond motifs is 4. The third kappa shape index (κ3) is 3.29. The number of halogens is 3. The summed E-state index contributed by atoms with van der Waals surface area (Å²) in [5.41, 5.74) is 0.0437. The Hall–Kier alpha value is -3.04. The Bertz CT molecular complexity index is 1460. The van der Waals surface area contributed by atoms with Gasteiger partial charge in [-0.05, 0) is 62.1 Å². The normalized spacial score (nSPS) is 32.6. The number of phenolic OH excluding ortho intramolecular Hbond substituents is 1. The lowest BCUT2D eigenvalue weighted by molar-refractivity contribution is -0.131. The molecule has 2 aromatic rings. The fourth-order valence-corrected chi connectivity index (χ4v) is 7.45. The zero-order valence-electron chi connectivity index (χ0n) is 19.5. The van der Waals surface area contributed by atoms with Crippen molar-refractivity contribution in [2.24, 2.45) is 29.1 Å². The molecule has 2 saturated heterocycles. The maximum atomic E-state index is 14.2. The van der Waals surface area contributed by atoms with Crippen LogP contribution in [0.25, 0.3) is 0 Å². The van der Waals surface area contributed by atoms with Gasteiger partial charge in [-0.3, -0.25) is 24.5 Å². The number of anilines is 1. The second-order valence-corrected chi connectivity index (χ2v) is 11.6. The number of nitrogens with zero attached hydrogens (tertiary/aromatic N) is 1. The van der Waals surface area contributed by atoms with Gasteiger partial charge in [-0.2, -0.15) is 0 Å². The second-order valence-electron chi connectivity index (χ2n) is 10.3. The molecule has 2 aromatic carbocycles. The van der Waals surface area contributed by atoms with E-state index in [2.05, 4.69) is 21.2 Å². The molecule has 190 valence electrons. The number of amides is 4. The van der Waals surface area contributed by atoms with Crippen LogP contribution in [0.2, 0.25) is 5.02 Å². The van der Waals surface area contributed by atoms with Crippen molar-refractivity contribution in [2.75, 3.05) is 4.90 Å². The van der Waals surface area contributed by atoms with Crippen molar-refractivity contribution in [3.8, 4) is 5.75 Å². The van der Waals surface area contributed by atoms with Crippen LogP contribution < -0.4 is 10.2 Å².